The first-order valence-corrected chi connectivity index (χ1v) is 5.93. The van der Waals surface area contributed by atoms with Crippen LogP contribution < -0.4 is 11.1 Å². The van der Waals surface area contributed by atoms with E-state index in [0.717, 1.165) is 5.65 Å². The fourth-order valence-electron chi connectivity index (χ4n) is 1.68. The lowest BCUT2D eigenvalue weighted by Gasteiger charge is -2.15. The van der Waals surface area contributed by atoms with Gasteiger partial charge in [0, 0.05) is 18.7 Å². The summed E-state index contributed by atoms with van der Waals surface area (Å²) in [5.74, 6) is 0.437. The Hall–Kier alpha value is -1.95. The normalized spacial score (nSPS) is 14.4. The van der Waals surface area contributed by atoms with Crippen molar-refractivity contribution in [3.05, 3.63) is 30.2 Å². The summed E-state index contributed by atoms with van der Waals surface area (Å²) in [6.45, 7) is 4.01. The molecule has 3 N–H and O–H groups in total. The van der Waals surface area contributed by atoms with E-state index in [1.54, 1.807) is 6.92 Å². The Morgan fingerprint density at radius 3 is 2.94 bits per heavy atom. The number of amides is 1. The van der Waals surface area contributed by atoms with Gasteiger partial charge in [-0.3, -0.25) is 9.20 Å². The fraction of sp³-hybridized carbons (Fsp3) is 0.417. The Morgan fingerprint density at radius 2 is 2.22 bits per heavy atom. The van der Waals surface area contributed by atoms with Crippen molar-refractivity contribution in [2.45, 2.75) is 19.9 Å². The van der Waals surface area contributed by atoms with Crippen LogP contribution in [-0.2, 0) is 4.79 Å². The van der Waals surface area contributed by atoms with Gasteiger partial charge < -0.3 is 11.1 Å². The van der Waals surface area contributed by atoms with E-state index in [9.17, 15) is 4.79 Å². The quantitative estimate of drug-likeness (QED) is 0.824. The molecule has 2 unspecified atom stereocenters. The van der Waals surface area contributed by atoms with Crippen molar-refractivity contribution in [3.63, 3.8) is 0 Å². The molecule has 6 heteroatoms. The number of hydrogen-bond donors (Lipinski definition) is 2. The molecule has 2 aromatic rings. The van der Waals surface area contributed by atoms with E-state index >= 15 is 0 Å². The van der Waals surface area contributed by atoms with Gasteiger partial charge in [-0.1, -0.05) is 13.0 Å². The second kappa shape index (κ2) is 5.14. The molecule has 1 amide bonds. The average Bonchev–Trinajstić information content (AvgIpc) is 2.81. The molecule has 18 heavy (non-hydrogen) atoms. The van der Waals surface area contributed by atoms with Gasteiger partial charge in [0.05, 0.1) is 6.04 Å². The molecule has 0 bridgehead atoms. The number of aromatic nitrogens is 3. The van der Waals surface area contributed by atoms with Gasteiger partial charge >= 0.3 is 0 Å². The molecule has 0 saturated carbocycles. The molecule has 2 atom stereocenters. The molecule has 0 spiro atoms. The van der Waals surface area contributed by atoms with Crippen LogP contribution in [0.5, 0.6) is 0 Å². The maximum Gasteiger partial charge on any atom is 0.224 e. The maximum atomic E-state index is 11.8. The Morgan fingerprint density at radius 1 is 1.44 bits per heavy atom. The highest BCUT2D eigenvalue weighted by Gasteiger charge is 2.18. The minimum absolute atomic E-state index is 0.0716. The van der Waals surface area contributed by atoms with Crippen LogP contribution in [0.15, 0.2) is 24.4 Å². The number of fused-ring (bicyclic) bond motifs is 1. The lowest BCUT2D eigenvalue weighted by molar-refractivity contribution is -0.124. The fourth-order valence-corrected chi connectivity index (χ4v) is 1.68. The molecule has 0 aromatic carbocycles. The monoisotopic (exact) mass is 247 g/mol. The highest BCUT2D eigenvalue weighted by molar-refractivity contribution is 5.78. The second-order valence-electron chi connectivity index (χ2n) is 4.35. The van der Waals surface area contributed by atoms with E-state index in [0.29, 0.717) is 12.4 Å². The predicted octanol–water partition coefficient (Wildman–Crippen LogP) is 0.501. The van der Waals surface area contributed by atoms with Crippen molar-refractivity contribution in [2.24, 2.45) is 11.7 Å². The van der Waals surface area contributed by atoms with Crippen molar-refractivity contribution < 1.29 is 4.79 Å². The molecule has 0 aliphatic carbocycles. The zero-order chi connectivity index (χ0) is 13.1. The van der Waals surface area contributed by atoms with Gasteiger partial charge in [-0.25, -0.2) is 0 Å². The van der Waals surface area contributed by atoms with Crippen molar-refractivity contribution >= 4 is 11.6 Å². The van der Waals surface area contributed by atoms with E-state index in [2.05, 4.69) is 15.5 Å². The maximum absolute atomic E-state index is 11.8. The molecule has 2 aromatic heterocycles. The topological polar surface area (TPSA) is 85.3 Å². The molecule has 0 radical (unpaired) electrons. The summed E-state index contributed by atoms with van der Waals surface area (Å²) < 4.78 is 1.86. The van der Waals surface area contributed by atoms with Crippen molar-refractivity contribution in [2.75, 3.05) is 6.54 Å². The van der Waals surface area contributed by atoms with Crippen LogP contribution in [0.2, 0.25) is 0 Å². The minimum atomic E-state index is -0.205. The smallest absolute Gasteiger partial charge is 0.224 e. The molecule has 6 nitrogen and oxygen atoms in total. The standard InChI is InChI=1S/C12H17N5O/c1-8(7-13)12(18)14-9(2)11-16-15-10-5-3-4-6-17(10)11/h3-6,8-9H,7,13H2,1-2H3,(H,14,18). The summed E-state index contributed by atoms with van der Waals surface area (Å²) in [5.41, 5.74) is 6.23. The van der Waals surface area contributed by atoms with Gasteiger partial charge in [-0.05, 0) is 19.1 Å². The average molecular weight is 247 g/mol. The summed E-state index contributed by atoms with van der Waals surface area (Å²) in [6.07, 6.45) is 1.87. The van der Waals surface area contributed by atoms with Crippen LogP contribution in [0.25, 0.3) is 5.65 Å². The number of pyridine rings is 1. The Labute approximate surface area is 105 Å². The summed E-state index contributed by atoms with van der Waals surface area (Å²) in [4.78, 5) is 11.8. The number of rotatable bonds is 4. The van der Waals surface area contributed by atoms with Crippen molar-refractivity contribution in [1.29, 1.82) is 0 Å². The SMILES string of the molecule is CC(CN)C(=O)NC(C)c1nnc2ccccn12. The zero-order valence-electron chi connectivity index (χ0n) is 10.5. The van der Waals surface area contributed by atoms with Crippen LogP contribution in [0.1, 0.15) is 25.7 Å². The molecule has 2 rings (SSSR count). The van der Waals surface area contributed by atoms with Gasteiger partial charge in [-0.2, -0.15) is 0 Å². The van der Waals surface area contributed by atoms with Crippen molar-refractivity contribution in [1.82, 2.24) is 19.9 Å². The highest BCUT2D eigenvalue weighted by Crippen LogP contribution is 2.12. The van der Waals surface area contributed by atoms with E-state index in [1.807, 2.05) is 35.7 Å². The minimum Gasteiger partial charge on any atom is -0.346 e. The van der Waals surface area contributed by atoms with Gasteiger partial charge in [-0.15, -0.1) is 10.2 Å². The van der Waals surface area contributed by atoms with E-state index < -0.39 is 0 Å². The third-order valence-corrected chi connectivity index (χ3v) is 2.89. The first-order valence-electron chi connectivity index (χ1n) is 5.93. The van der Waals surface area contributed by atoms with E-state index in [1.165, 1.54) is 0 Å². The lowest BCUT2D eigenvalue weighted by Crippen LogP contribution is -2.35. The van der Waals surface area contributed by atoms with E-state index in [-0.39, 0.29) is 17.9 Å². The van der Waals surface area contributed by atoms with Crippen LogP contribution in [0.3, 0.4) is 0 Å². The van der Waals surface area contributed by atoms with Crippen molar-refractivity contribution in [3.8, 4) is 0 Å². The van der Waals surface area contributed by atoms with Crippen LogP contribution in [-0.4, -0.2) is 27.0 Å². The molecular formula is C12H17N5O. The summed E-state index contributed by atoms with van der Waals surface area (Å²) >= 11 is 0. The van der Waals surface area contributed by atoms with Gasteiger partial charge in [0.25, 0.3) is 0 Å². The Bertz CT molecular complexity index is 550. The Kier molecular flexibility index (Phi) is 3.57. The first kappa shape index (κ1) is 12.5. The van der Waals surface area contributed by atoms with Gasteiger partial charge in [0.15, 0.2) is 11.5 Å². The lowest BCUT2D eigenvalue weighted by atomic mass is 10.1. The number of nitrogens with one attached hydrogen (secondary N) is 1. The molecule has 2 heterocycles. The zero-order valence-corrected chi connectivity index (χ0v) is 10.5. The number of carbonyl (C=O) groups is 1. The molecule has 0 aliphatic heterocycles. The number of hydrogen-bond acceptors (Lipinski definition) is 4. The summed E-state index contributed by atoms with van der Waals surface area (Å²) in [5, 5.41) is 11.0. The molecule has 0 saturated heterocycles. The van der Waals surface area contributed by atoms with Crippen LogP contribution in [0, 0.1) is 5.92 Å². The third kappa shape index (κ3) is 2.33. The Balaban J connectivity index is 2.19. The van der Waals surface area contributed by atoms with Crippen LogP contribution in [0.4, 0.5) is 0 Å². The molecule has 96 valence electrons. The predicted molar refractivity (Wildman–Crippen MR) is 67.8 cm³/mol. The highest BCUT2D eigenvalue weighted by atomic mass is 16.1. The number of carbonyl (C=O) groups excluding carboxylic acids is 1. The molecule has 0 aliphatic rings. The van der Waals surface area contributed by atoms with Gasteiger partial charge in [0.2, 0.25) is 5.91 Å². The summed E-state index contributed by atoms with van der Waals surface area (Å²) in [6, 6.07) is 5.46. The first-order chi connectivity index (χ1) is 8.63. The van der Waals surface area contributed by atoms with Gasteiger partial charge in [0.1, 0.15) is 0 Å². The summed E-state index contributed by atoms with van der Waals surface area (Å²) in [7, 11) is 0. The number of nitrogens with zero attached hydrogens (tertiary/aromatic N) is 3. The van der Waals surface area contributed by atoms with E-state index in [4.69, 9.17) is 5.73 Å². The third-order valence-electron chi connectivity index (χ3n) is 2.89. The number of nitrogens with two attached hydrogens (primary N) is 1. The van der Waals surface area contributed by atoms with Crippen LogP contribution >= 0.6 is 0 Å². The largest absolute Gasteiger partial charge is 0.346 e. The molecule has 0 fully saturated rings. The second-order valence-corrected chi connectivity index (χ2v) is 4.35. The molecular weight excluding hydrogens is 230 g/mol.